The Kier molecular flexibility index (Phi) is 7.39. The first-order valence-corrected chi connectivity index (χ1v) is 8.84. The number of para-hydroxylation sites is 1. The van der Waals surface area contributed by atoms with Gasteiger partial charge in [0.15, 0.2) is 0 Å². The largest absolute Gasteiger partial charge is 0.507 e. The summed E-state index contributed by atoms with van der Waals surface area (Å²) in [5, 5.41) is 11.6. The molecule has 134 valence electrons. The zero-order valence-corrected chi connectivity index (χ0v) is 14.9. The number of thiophene rings is 1. The summed E-state index contributed by atoms with van der Waals surface area (Å²) in [5.41, 5.74) is 5.34. The first kappa shape index (κ1) is 19.2. The van der Waals surface area contributed by atoms with Gasteiger partial charge >= 0.3 is 0 Å². The molecule has 0 unspecified atom stereocenters. The van der Waals surface area contributed by atoms with Crippen LogP contribution in [0.15, 0.2) is 78.2 Å². The number of carbonyl (C=O) groups is 2. The minimum Gasteiger partial charge on any atom is -0.507 e. The number of primary amides is 1. The van der Waals surface area contributed by atoms with Crippen molar-refractivity contribution in [1.82, 2.24) is 4.90 Å². The highest BCUT2D eigenvalue weighted by molar-refractivity contribution is 7.09. The van der Waals surface area contributed by atoms with Gasteiger partial charge in [-0.25, -0.2) is 0 Å². The Morgan fingerprint density at radius 3 is 2.04 bits per heavy atom. The Morgan fingerprint density at radius 1 is 0.923 bits per heavy atom. The Hall–Kier alpha value is -3.12. The van der Waals surface area contributed by atoms with Gasteiger partial charge in [-0.05, 0) is 23.6 Å². The summed E-state index contributed by atoms with van der Waals surface area (Å²) in [6, 6.07) is 22.0. The molecule has 2 aromatic carbocycles. The van der Waals surface area contributed by atoms with Gasteiger partial charge in [0.1, 0.15) is 12.3 Å². The van der Waals surface area contributed by atoms with Crippen molar-refractivity contribution in [3.63, 3.8) is 0 Å². The number of benzene rings is 2. The second-order valence-corrected chi connectivity index (χ2v) is 6.41. The molecule has 0 aliphatic rings. The molecule has 3 aromatic rings. The SMILES string of the molecule is NC(=O)CN(Cc1cccs1)C(=O)c1ccccc1O.c1ccccc1. The summed E-state index contributed by atoms with van der Waals surface area (Å²) in [5.74, 6) is -1.13. The van der Waals surface area contributed by atoms with E-state index in [4.69, 9.17) is 5.73 Å². The topological polar surface area (TPSA) is 83.6 Å². The third-order valence-electron chi connectivity index (χ3n) is 3.36. The van der Waals surface area contributed by atoms with Gasteiger partial charge in [0.05, 0.1) is 12.1 Å². The number of phenols is 1. The molecule has 1 heterocycles. The van der Waals surface area contributed by atoms with Crippen LogP contribution in [0.25, 0.3) is 0 Å². The van der Waals surface area contributed by atoms with Crippen molar-refractivity contribution in [2.45, 2.75) is 6.54 Å². The van der Waals surface area contributed by atoms with Gasteiger partial charge in [-0.2, -0.15) is 0 Å². The number of aromatic hydroxyl groups is 1. The molecule has 0 saturated carbocycles. The average Bonchev–Trinajstić information content (AvgIpc) is 3.16. The maximum Gasteiger partial charge on any atom is 0.258 e. The van der Waals surface area contributed by atoms with E-state index in [-0.39, 0.29) is 24.4 Å². The van der Waals surface area contributed by atoms with Gasteiger partial charge in [0.25, 0.3) is 5.91 Å². The van der Waals surface area contributed by atoms with Crippen LogP contribution in [0.1, 0.15) is 15.2 Å². The predicted octanol–water partition coefficient (Wildman–Crippen LogP) is 3.27. The van der Waals surface area contributed by atoms with Crippen molar-refractivity contribution >= 4 is 23.2 Å². The lowest BCUT2D eigenvalue weighted by atomic mass is 10.1. The number of rotatable bonds is 5. The van der Waals surface area contributed by atoms with Crippen molar-refractivity contribution in [3.05, 3.63) is 88.6 Å². The van der Waals surface area contributed by atoms with E-state index in [1.54, 1.807) is 12.1 Å². The van der Waals surface area contributed by atoms with Crippen LogP contribution in [0, 0.1) is 0 Å². The van der Waals surface area contributed by atoms with Crippen LogP contribution in [0.2, 0.25) is 0 Å². The number of nitrogens with two attached hydrogens (primary N) is 1. The standard InChI is InChI=1S/C14H14N2O3S.C6H6/c15-13(18)9-16(8-10-4-3-7-20-10)14(19)11-5-1-2-6-12(11)17;1-2-4-6-5-3-1/h1-7,17H,8-9H2,(H2,15,18);1-6H. The maximum absolute atomic E-state index is 12.4. The lowest BCUT2D eigenvalue weighted by Crippen LogP contribution is -2.37. The van der Waals surface area contributed by atoms with E-state index in [1.807, 2.05) is 53.9 Å². The van der Waals surface area contributed by atoms with Crippen LogP contribution in [0.4, 0.5) is 0 Å². The number of amides is 2. The molecule has 26 heavy (non-hydrogen) atoms. The summed E-state index contributed by atoms with van der Waals surface area (Å²) in [4.78, 5) is 25.8. The number of hydrogen-bond acceptors (Lipinski definition) is 4. The van der Waals surface area contributed by atoms with E-state index in [2.05, 4.69) is 0 Å². The highest BCUT2D eigenvalue weighted by Crippen LogP contribution is 2.20. The van der Waals surface area contributed by atoms with Crippen molar-refractivity contribution in [2.75, 3.05) is 6.54 Å². The van der Waals surface area contributed by atoms with E-state index in [0.29, 0.717) is 0 Å². The summed E-state index contributed by atoms with van der Waals surface area (Å²) >= 11 is 1.49. The molecule has 3 rings (SSSR count). The average molecular weight is 368 g/mol. The van der Waals surface area contributed by atoms with Gasteiger partial charge in [-0.1, -0.05) is 54.6 Å². The van der Waals surface area contributed by atoms with Crippen molar-refractivity contribution in [2.24, 2.45) is 5.73 Å². The van der Waals surface area contributed by atoms with E-state index >= 15 is 0 Å². The lowest BCUT2D eigenvalue weighted by Gasteiger charge is -2.21. The molecule has 6 heteroatoms. The van der Waals surface area contributed by atoms with Gasteiger partial charge in [-0.3, -0.25) is 9.59 Å². The van der Waals surface area contributed by atoms with Gasteiger partial charge < -0.3 is 15.7 Å². The van der Waals surface area contributed by atoms with Crippen LogP contribution < -0.4 is 5.73 Å². The first-order valence-electron chi connectivity index (χ1n) is 7.96. The molecule has 2 amide bonds. The van der Waals surface area contributed by atoms with Crippen molar-refractivity contribution in [1.29, 1.82) is 0 Å². The fourth-order valence-electron chi connectivity index (χ4n) is 2.19. The van der Waals surface area contributed by atoms with Crippen LogP contribution in [0.3, 0.4) is 0 Å². The molecule has 1 aromatic heterocycles. The second-order valence-electron chi connectivity index (χ2n) is 5.38. The van der Waals surface area contributed by atoms with E-state index < -0.39 is 11.8 Å². The second kappa shape index (κ2) is 10.0. The number of hydrogen-bond donors (Lipinski definition) is 2. The number of nitrogens with zero attached hydrogens (tertiary/aromatic N) is 1. The summed E-state index contributed by atoms with van der Waals surface area (Å²) in [7, 11) is 0. The fraction of sp³-hybridized carbons (Fsp3) is 0.100. The summed E-state index contributed by atoms with van der Waals surface area (Å²) in [6.07, 6.45) is 0. The molecule has 0 atom stereocenters. The molecule has 5 nitrogen and oxygen atoms in total. The monoisotopic (exact) mass is 368 g/mol. The van der Waals surface area contributed by atoms with Crippen LogP contribution >= 0.6 is 11.3 Å². The van der Waals surface area contributed by atoms with Gasteiger partial charge in [-0.15, -0.1) is 11.3 Å². The molecule has 0 aliphatic heterocycles. The smallest absolute Gasteiger partial charge is 0.258 e. The molecule has 0 aliphatic carbocycles. The Bertz CT molecular complexity index is 793. The van der Waals surface area contributed by atoms with Gasteiger partial charge in [0, 0.05) is 4.88 Å². The van der Waals surface area contributed by atoms with Crippen molar-refractivity contribution < 1.29 is 14.7 Å². The minimum atomic E-state index is -0.592. The van der Waals surface area contributed by atoms with Crippen LogP contribution in [0.5, 0.6) is 5.75 Å². The quantitative estimate of drug-likeness (QED) is 0.725. The Balaban J connectivity index is 0.000000342. The van der Waals surface area contributed by atoms with Crippen LogP contribution in [-0.4, -0.2) is 28.4 Å². The summed E-state index contributed by atoms with van der Waals surface area (Å²) in [6.45, 7) is 0.0961. The molecule has 3 N–H and O–H groups in total. The van der Waals surface area contributed by atoms with E-state index in [0.717, 1.165) is 4.88 Å². The molecule has 0 radical (unpaired) electrons. The van der Waals surface area contributed by atoms with E-state index in [1.165, 1.54) is 28.4 Å². The Morgan fingerprint density at radius 2 is 1.54 bits per heavy atom. The maximum atomic E-state index is 12.4. The van der Waals surface area contributed by atoms with Crippen LogP contribution in [-0.2, 0) is 11.3 Å². The first-order chi connectivity index (χ1) is 12.6. The third-order valence-corrected chi connectivity index (χ3v) is 4.22. The molecular formula is C20H20N2O3S. The fourth-order valence-corrected chi connectivity index (χ4v) is 2.91. The predicted molar refractivity (Wildman–Crippen MR) is 103 cm³/mol. The van der Waals surface area contributed by atoms with E-state index in [9.17, 15) is 14.7 Å². The molecule has 0 bridgehead atoms. The highest BCUT2D eigenvalue weighted by Gasteiger charge is 2.20. The normalized spacial score (nSPS) is 9.69. The highest BCUT2D eigenvalue weighted by atomic mass is 32.1. The zero-order chi connectivity index (χ0) is 18.8. The Labute approximate surface area is 156 Å². The van der Waals surface area contributed by atoms with Gasteiger partial charge in [0.2, 0.25) is 5.91 Å². The number of carbonyl (C=O) groups excluding carboxylic acids is 2. The zero-order valence-electron chi connectivity index (χ0n) is 14.1. The molecule has 0 spiro atoms. The lowest BCUT2D eigenvalue weighted by molar-refractivity contribution is -0.118. The molecule has 0 saturated heterocycles. The third kappa shape index (κ3) is 6.07. The van der Waals surface area contributed by atoms with Crippen molar-refractivity contribution in [3.8, 4) is 5.75 Å². The molecular weight excluding hydrogens is 348 g/mol. The summed E-state index contributed by atoms with van der Waals surface area (Å²) < 4.78 is 0. The minimum absolute atomic E-state index is 0.113. The number of phenolic OH excluding ortho intramolecular Hbond substituents is 1. The molecule has 0 fully saturated rings.